The van der Waals surface area contributed by atoms with E-state index in [2.05, 4.69) is 11.6 Å². The molecule has 1 saturated heterocycles. The number of benzene rings is 1. The predicted octanol–water partition coefficient (Wildman–Crippen LogP) is 4.63. The van der Waals surface area contributed by atoms with Gasteiger partial charge in [0.25, 0.3) is 11.5 Å². The Kier molecular flexibility index (Phi) is 8.58. The van der Waals surface area contributed by atoms with Crippen LogP contribution in [0.4, 0.5) is 15.8 Å². The van der Waals surface area contributed by atoms with Crippen LogP contribution in [-0.4, -0.2) is 93.6 Å². The fourth-order valence-electron chi connectivity index (χ4n) is 6.38. The van der Waals surface area contributed by atoms with E-state index in [1.165, 1.54) is 45.1 Å². The molecule has 4 aromatic rings. The number of likely N-dealkylation sites (N-methyl/N-ethyl adjacent to an activating group) is 1. The molecule has 14 heteroatoms. The first kappa shape index (κ1) is 32.6. The van der Waals surface area contributed by atoms with Crippen molar-refractivity contribution >= 4 is 57.2 Å². The van der Waals surface area contributed by atoms with Crippen molar-refractivity contribution in [1.82, 2.24) is 24.3 Å². The van der Waals surface area contributed by atoms with Crippen LogP contribution in [0.5, 0.6) is 5.75 Å². The number of phenolic OH excluding ortho intramolecular Hbond substituents is 1. The maximum atomic E-state index is 15.2. The molecule has 1 N–H and O–H groups in total. The van der Waals surface area contributed by atoms with Crippen LogP contribution in [0, 0.1) is 5.82 Å². The zero-order valence-electron chi connectivity index (χ0n) is 26.7. The van der Waals surface area contributed by atoms with E-state index in [0.717, 1.165) is 0 Å². The number of nitrogens with zero attached hydrogens (tertiary/aromatic N) is 7. The first-order chi connectivity index (χ1) is 22.3. The number of carbonyl (C=O) groups is 2. The molecule has 2 amide bonds. The summed E-state index contributed by atoms with van der Waals surface area (Å²) in [6.07, 6.45) is 1.23. The summed E-state index contributed by atoms with van der Waals surface area (Å²) in [6.45, 7) is 10.4. The number of phenols is 1. The lowest BCUT2D eigenvalue weighted by molar-refractivity contribution is -0.130. The number of amides is 2. The van der Waals surface area contributed by atoms with Crippen LogP contribution in [0.15, 0.2) is 47.2 Å². The molecule has 6 rings (SSSR count). The molecule has 5 heterocycles. The second-order valence-electron chi connectivity index (χ2n) is 12.4. The van der Waals surface area contributed by atoms with Crippen molar-refractivity contribution in [2.24, 2.45) is 0 Å². The Morgan fingerprint density at radius 2 is 2.00 bits per heavy atom. The number of hydrogen-bond acceptors (Lipinski definition) is 9. The van der Waals surface area contributed by atoms with Gasteiger partial charge in [0.1, 0.15) is 28.3 Å². The summed E-state index contributed by atoms with van der Waals surface area (Å²) in [5.41, 5.74) is 2.34. The van der Waals surface area contributed by atoms with Crippen molar-refractivity contribution in [3.63, 3.8) is 0 Å². The van der Waals surface area contributed by atoms with Gasteiger partial charge in [-0.05, 0) is 51.2 Å². The van der Waals surface area contributed by atoms with E-state index in [4.69, 9.17) is 16.6 Å². The Morgan fingerprint density at radius 3 is 2.66 bits per heavy atom. The van der Waals surface area contributed by atoms with E-state index < -0.39 is 17.4 Å². The molecule has 0 radical (unpaired) electrons. The molecule has 2 aliphatic rings. The molecule has 0 bridgehead atoms. The van der Waals surface area contributed by atoms with Crippen molar-refractivity contribution in [3.05, 3.63) is 69.3 Å². The summed E-state index contributed by atoms with van der Waals surface area (Å²) in [7, 11) is 3.76. The monoisotopic (exact) mass is 679 g/mol. The fraction of sp³-hybridized carbons (Fsp3) is 0.364. The highest BCUT2D eigenvalue weighted by Crippen LogP contribution is 2.45. The summed E-state index contributed by atoms with van der Waals surface area (Å²) in [5, 5.41) is 11.7. The molecule has 1 aromatic carbocycles. The van der Waals surface area contributed by atoms with E-state index in [1.807, 2.05) is 44.7 Å². The first-order valence-corrected chi connectivity index (χ1v) is 16.5. The molecule has 2 aliphatic heterocycles. The van der Waals surface area contributed by atoms with Crippen molar-refractivity contribution in [2.75, 3.05) is 50.1 Å². The van der Waals surface area contributed by atoms with Gasteiger partial charge in [0, 0.05) is 31.1 Å². The van der Waals surface area contributed by atoms with Gasteiger partial charge in [0.2, 0.25) is 5.91 Å². The Bertz CT molecular complexity index is 1970. The van der Waals surface area contributed by atoms with Gasteiger partial charge in [-0.15, -0.1) is 11.3 Å². The second-order valence-corrected chi connectivity index (χ2v) is 13.6. The van der Waals surface area contributed by atoms with E-state index in [1.54, 1.807) is 16.5 Å². The summed E-state index contributed by atoms with van der Waals surface area (Å²) < 4.78 is 16.6. The Morgan fingerprint density at radius 1 is 1.26 bits per heavy atom. The van der Waals surface area contributed by atoms with Gasteiger partial charge in [-0.2, -0.15) is 0 Å². The lowest BCUT2D eigenvalue weighted by Crippen LogP contribution is -2.67. The highest BCUT2D eigenvalue weighted by atomic mass is 35.5. The number of carbonyl (C=O) groups excluding carboxylic acids is 2. The quantitative estimate of drug-likeness (QED) is 0.281. The molecule has 2 atom stereocenters. The lowest BCUT2D eigenvalue weighted by Gasteiger charge is -2.50. The van der Waals surface area contributed by atoms with Crippen molar-refractivity contribution in [1.29, 1.82) is 0 Å². The molecule has 246 valence electrons. The van der Waals surface area contributed by atoms with Gasteiger partial charge in [-0.25, -0.2) is 18.9 Å². The number of pyridine rings is 2. The predicted molar refractivity (Wildman–Crippen MR) is 183 cm³/mol. The molecule has 47 heavy (non-hydrogen) atoms. The smallest absolute Gasteiger partial charge is 0.283 e. The minimum Gasteiger partial charge on any atom is -0.507 e. The maximum absolute atomic E-state index is 15.2. The molecular formula is C33H35ClFN7O4S. The normalized spacial score (nSPS) is 17.9. The standard InChI is InChI=1S/C33H35ClFN7O4S/c1-7-24(44)40-15-22-31(45)39(12-11-38(5)6)29-28(41(22)14-18(40)4)19-13-20(34)27(25-21(35)9-8-10-23(25)43)37-30(19)42(32(29)46)33-26(17(2)3)36-16-47-33/h7-10,13,16-18,22,43H,1,11-12,14-15H2,2-6H3. The maximum Gasteiger partial charge on any atom is 0.283 e. The second kappa shape index (κ2) is 12.4. The van der Waals surface area contributed by atoms with Gasteiger partial charge < -0.3 is 24.7 Å². The third-order valence-corrected chi connectivity index (χ3v) is 9.80. The van der Waals surface area contributed by atoms with Gasteiger partial charge in [-0.1, -0.05) is 38.1 Å². The fourth-order valence-corrected chi connectivity index (χ4v) is 7.58. The Labute approximate surface area is 280 Å². The number of halogens is 2. The summed E-state index contributed by atoms with van der Waals surface area (Å²) in [4.78, 5) is 58.4. The molecule has 3 aromatic heterocycles. The SMILES string of the molecule is C=CC(=O)N1CC2C(=O)N(CCN(C)C)c3c(c4cc(Cl)c(-c5c(O)cccc5F)nc4n(-c4scnc4C(C)C)c3=O)N2CC1C. The molecular weight excluding hydrogens is 645 g/mol. The van der Waals surface area contributed by atoms with Crippen LogP contribution in [0.3, 0.4) is 0 Å². The summed E-state index contributed by atoms with van der Waals surface area (Å²) in [5.74, 6) is -1.76. The molecule has 0 saturated carbocycles. The number of aromatic nitrogens is 3. The highest BCUT2D eigenvalue weighted by Gasteiger charge is 2.47. The van der Waals surface area contributed by atoms with Crippen LogP contribution in [0.25, 0.3) is 27.3 Å². The minimum atomic E-state index is -0.799. The number of aromatic hydroxyl groups is 1. The zero-order valence-corrected chi connectivity index (χ0v) is 28.3. The third-order valence-electron chi connectivity index (χ3n) is 8.68. The molecule has 1 fully saturated rings. The van der Waals surface area contributed by atoms with Crippen LogP contribution >= 0.6 is 22.9 Å². The number of anilines is 2. The van der Waals surface area contributed by atoms with Gasteiger partial charge in [0.05, 0.1) is 39.7 Å². The number of rotatable bonds is 7. The number of fused-ring (bicyclic) bond motifs is 5. The Hall–Kier alpha value is -4.33. The number of piperazine rings is 1. The van der Waals surface area contributed by atoms with E-state index in [-0.39, 0.29) is 76.8 Å². The van der Waals surface area contributed by atoms with E-state index in [0.29, 0.717) is 28.3 Å². The zero-order chi connectivity index (χ0) is 33.9. The summed E-state index contributed by atoms with van der Waals surface area (Å²) in [6, 6.07) is 4.40. The number of thiazole rings is 1. The lowest BCUT2D eigenvalue weighted by atomic mass is 9.98. The minimum absolute atomic E-state index is 0.0406. The topological polar surface area (TPSA) is 115 Å². The average molecular weight is 680 g/mol. The third kappa shape index (κ3) is 5.35. The van der Waals surface area contributed by atoms with Crippen molar-refractivity contribution in [2.45, 2.75) is 38.8 Å². The first-order valence-electron chi connectivity index (χ1n) is 15.2. The highest BCUT2D eigenvalue weighted by molar-refractivity contribution is 7.12. The summed E-state index contributed by atoms with van der Waals surface area (Å²) >= 11 is 8.12. The van der Waals surface area contributed by atoms with Gasteiger partial charge in [0.15, 0.2) is 5.65 Å². The molecule has 11 nitrogen and oxygen atoms in total. The van der Waals surface area contributed by atoms with E-state index >= 15 is 4.39 Å². The van der Waals surface area contributed by atoms with Crippen molar-refractivity contribution < 1.29 is 19.1 Å². The molecule has 2 unspecified atom stereocenters. The van der Waals surface area contributed by atoms with Crippen LogP contribution < -0.4 is 15.4 Å². The van der Waals surface area contributed by atoms with Crippen LogP contribution in [0.1, 0.15) is 32.4 Å². The Balaban J connectivity index is 1.73. The van der Waals surface area contributed by atoms with Gasteiger partial charge >= 0.3 is 0 Å². The van der Waals surface area contributed by atoms with E-state index in [9.17, 15) is 19.5 Å². The van der Waals surface area contributed by atoms with Gasteiger partial charge in [-0.3, -0.25) is 14.4 Å². The molecule has 0 spiro atoms. The number of hydrogen-bond donors (Lipinski definition) is 1. The van der Waals surface area contributed by atoms with Crippen molar-refractivity contribution in [3.8, 4) is 22.0 Å². The molecule has 0 aliphatic carbocycles. The largest absolute Gasteiger partial charge is 0.507 e. The average Bonchev–Trinajstić information content (AvgIpc) is 3.50. The van der Waals surface area contributed by atoms with Crippen LogP contribution in [0.2, 0.25) is 5.02 Å². The van der Waals surface area contributed by atoms with Crippen LogP contribution in [-0.2, 0) is 9.59 Å².